The molecule has 150 valence electrons. The van der Waals surface area contributed by atoms with Gasteiger partial charge in [-0.3, -0.25) is 4.79 Å². The molecule has 0 aliphatic rings. The molecular weight excluding hydrogens is 447 g/mol. The Balaban J connectivity index is 1.87. The molecular formula is C24H18BrFN2O2. The third-order valence-electron chi connectivity index (χ3n) is 4.40. The van der Waals surface area contributed by atoms with Crippen LogP contribution in [-0.4, -0.2) is 13.0 Å². The monoisotopic (exact) mass is 464 g/mol. The number of nitrogens with zero attached hydrogens (tertiary/aromatic N) is 1. The molecule has 0 aliphatic carbocycles. The highest BCUT2D eigenvalue weighted by Crippen LogP contribution is 2.23. The van der Waals surface area contributed by atoms with Crippen LogP contribution < -0.4 is 10.1 Å². The molecule has 0 saturated carbocycles. The number of halogens is 2. The molecule has 0 atom stereocenters. The van der Waals surface area contributed by atoms with Gasteiger partial charge in [0.15, 0.2) is 0 Å². The summed E-state index contributed by atoms with van der Waals surface area (Å²) in [6, 6.07) is 20.7. The quantitative estimate of drug-likeness (QED) is 0.374. The minimum atomic E-state index is -0.514. The van der Waals surface area contributed by atoms with Crippen molar-refractivity contribution in [2.24, 2.45) is 0 Å². The summed E-state index contributed by atoms with van der Waals surface area (Å²) < 4.78 is 19.4. The first-order valence-electron chi connectivity index (χ1n) is 9.08. The molecule has 3 aromatic carbocycles. The highest BCUT2D eigenvalue weighted by Gasteiger charge is 2.12. The Kier molecular flexibility index (Phi) is 6.99. The number of methoxy groups -OCH3 is 1. The Labute approximate surface area is 182 Å². The highest BCUT2D eigenvalue weighted by atomic mass is 79.9. The topological polar surface area (TPSA) is 62.1 Å². The molecule has 3 aromatic rings. The van der Waals surface area contributed by atoms with Gasteiger partial charge in [-0.1, -0.05) is 34.1 Å². The van der Waals surface area contributed by atoms with Gasteiger partial charge in [0.1, 0.15) is 23.2 Å². The summed E-state index contributed by atoms with van der Waals surface area (Å²) in [5, 5.41) is 12.3. The van der Waals surface area contributed by atoms with Gasteiger partial charge in [-0.25, -0.2) is 4.39 Å². The van der Waals surface area contributed by atoms with E-state index in [9.17, 15) is 14.4 Å². The van der Waals surface area contributed by atoms with Crippen LogP contribution in [-0.2, 0) is 11.2 Å². The number of carbonyl (C=O) groups is 1. The Bertz CT molecular complexity index is 1130. The molecule has 0 fully saturated rings. The number of rotatable bonds is 6. The third-order valence-corrected chi connectivity index (χ3v) is 4.90. The van der Waals surface area contributed by atoms with E-state index in [2.05, 4.69) is 21.2 Å². The highest BCUT2D eigenvalue weighted by molar-refractivity contribution is 9.10. The number of amides is 1. The smallest absolute Gasteiger partial charge is 0.266 e. The van der Waals surface area contributed by atoms with E-state index >= 15 is 0 Å². The average molecular weight is 465 g/mol. The van der Waals surface area contributed by atoms with Gasteiger partial charge in [-0.2, -0.15) is 5.26 Å². The molecule has 0 heterocycles. The zero-order valence-corrected chi connectivity index (χ0v) is 17.7. The van der Waals surface area contributed by atoms with Crippen molar-refractivity contribution in [3.63, 3.8) is 0 Å². The second-order valence-electron chi connectivity index (χ2n) is 6.50. The summed E-state index contributed by atoms with van der Waals surface area (Å²) in [4.78, 5) is 12.6. The van der Waals surface area contributed by atoms with E-state index < -0.39 is 5.91 Å². The van der Waals surface area contributed by atoms with E-state index in [1.807, 2.05) is 30.3 Å². The lowest BCUT2D eigenvalue weighted by atomic mass is 9.98. The van der Waals surface area contributed by atoms with E-state index in [4.69, 9.17) is 4.74 Å². The summed E-state index contributed by atoms with van der Waals surface area (Å²) >= 11 is 3.43. The number of anilines is 1. The van der Waals surface area contributed by atoms with Crippen molar-refractivity contribution in [3.8, 4) is 11.8 Å². The fourth-order valence-corrected chi connectivity index (χ4v) is 3.28. The Hall–Kier alpha value is -3.43. The molecule has 0 saturated heterocycles. The van der Waals surface area contributed by atoms with Crippen LogP contribution in [0.1, 0.15) is 16.7 Å². The molecule has 0 aliphatic heterocycles. The van der Waals surface area contributed by atoms with Crippen LogP contribution in [0.4, 0.5) is 10.1 Å². The Morgan fingerprint density at radius 2 is 1.93 bits per heavy atom. The van der Waals surface area contributed by atoms with Crippen molar-refractivity contribution in [3.05, 3.63) is 99.3 Å². The SMILES string of the molecule is COc1ccc(NC(=O)/C(C#N)=C/c2cc(Br)ccc2Cc2cccc(F)c2)cc1. The summed E-state index contributed by atoms with van der Waals surface area (Å²) in [5.41, 5.74) is 2.89. The van der Waals surface area contributed by atoms with Crippen LogP contribution in [0.15, 0.2) is 76.8 Å². The molecule has 0 unspecified atom stereocenters. The first-order valence-corrected chi connectivity index (χ1v) is 9.88. The zero-order valence-electron chi connectivity index (χ0n) is 16.2. The van der Waals surface area contributed by atoms with Gasteiger partial charge >= 0.3 is 0 Å². The molecule has 1 N–H and O–H groups in total. The Morgan fingerprint density at radius 1 is 1.17 bits per heavy atom. The lowest BCUT2D eigenvalue weighted by molar-refractivity contribution is -0.112. The molecule has 0 bridgehead atoms. The molecule has 0 spiro atoms. The van der Waals surface area contributed by atoms with Crippen molar-refractivity contribution < 1.29 is 13.9 Å². The molecule has 4 nitrogen and oxygen atoms in total. The van der Waals surface area contributed by atoms with E-state index in [0.717, 1.165) is 15.6 Å². The molecule has 6 heteroatoms. The molecule has 30 heavy (non-hydrogen) atoms. The largest absolute Gasteiger partial charge is 0.497 e. The lowest BCUT2D eigenvalue weighted by Crippen LogP contribution is -2.13. The second-order valence-corrected chi connectivity index (χ2v) is 7.42. The summed E-state index contributed by atoms with van der Waals surface area (Å²) in [5.74, 6) is -0.155. The lowest BCUT2D eigenvalue weighted by Gasteiger charge is -2.09. The number of benzene rings is 3. The van der Waals surface area contributed by atoms with Gasteiger partial charge in [0.05, 0.1) is 7.11 Å². The maximum Gasteiger partial charge on any atom is 0.266 e. The number of ether oxygens (including phenoxy) is 1. The van der Waals surface area contributed by atoms with Crippen LogP contribution >= 0.6 is 15.9 Å². The van der Waals surface area contributed by atoms with Gasteiger partial charge in [-0.05, 0) is 77.7 Å². The average Bonchev–Trinajstić information content (AvgIpc) is 2.74. The predicted molar refractivity (Wildman–Crippen MR) is 119 cm³/mol. The van der Waals surface area contributed by atoms with Crippen molar-refractivity contribution in [1.29, 1.82) is 5.26 Å². The van der Waals surface area contributed by atoms with Gasteiger partial charge < -0.3 is 10.1 Å². The molecule has 0 aromatic heterocycles. The van der Waals surface area contributed by atoms with Crippen LogP contribution in [0.2, 0.25) is 0 Å². The van der Waals surface area contributed by atoms with Gasteiger partial charge in [0.2, 0.25) is 0 Å². The molecule has 3 rings (SSSR count). The van der Waals surface area contributed by atoms with Gasteiger partial charge in [0.25, 0.3) is 5.91 Å². The first kappa shape index (κ1) is 21.3. The van der Waals surface area contributed by atoms with Crippen molar-refractivity contribution in [2.45, 2.75) is 6.42 Å². The predicted octanol–water partition coefficient (Wildman–Crippen LogP) is 5.73. The first-order chi connectivity index (χ1) is 14.5. The van der Waals surface area contributed by atoms with Crippen LogP contribution in [0, 0.1) is 17.1 Å². The van der Waals surface area contributed by atoms with E-state index in [-0.39, 0.29) is 11.4 Å². The summed E-state index contributed by atoms with van der Waals surface area (Å²) in [7, 11) is 1.56. The van der Waals surface area contributed by atoms with Crippen LogP contribution in [0.3, 0.4) is 0 Å². The minimum Gasteiger partial charge on any atom is -0.497 e. The summed E-state index contributed by atoms with van der Waals surface area (Å²) in [6.45, 7) is 0. The standard InChI is InChI=1S/C24H18BrFN2O2/c1-30-23-9-7-22(8-10-23)28-24(29)19(15-27)13-18-14-20(25)6-5-17(18)11-16-3-2-4-21(26)12-16/h2-10,12-14H,11H2,1H3,(H,28,29)/b19-13+. The van der Waals surface area contributed by atoms with E-state index in [0.29, 0.717) is 23.4 Å². The van der Waals surface area contributed by atoms with E-state index in [1.165, 1.54) is 18.2 Å². The number of carbonyl (C=O) groups excluding carboxylic acids is 1. The van der Waals surface area contributed by atoms with Gasteiger partial charge in [-0.15, -0.1) is 0 Å². The van der Waals surface area contributed by atoms with Crippen LogP contribution in [0.25, 0.3) is 6.08 Å². The van der Waals surface area contributed by atoms with E-state index in [1.54, 1.807) is 37.4 Å². The minimum absolute atomic E-state index is 0.0376. The van der Waals surface area contributed by atoms with Crippen LogP contribution in [0.5, 0.6) is 5.75 Å². The maximum absolute atomic E-state index is 13.5. The normalized spacial score (nSPS) is 10.9. The van der Waals surface area contributed by atoms with Crippen molar-refractivity contribution >= 4 is 33.6 Å². The van der Waals surface area contributed by atoms with Crippen molar-refractivity contribution in [2.75, 3.05) is 12.4 Å². The number of nitrogens with one attached hydrogen (secondary N) is 1. The number of hydrogen-bond donors (Lipinski definition) is 1. The summed E-state index contributed by atoms with van der Waals surface area (Å²) in [6.07, 6.45) is 2.01. The molecule has 1 amide bonds. The number of hydrogen-bond acceptors (Lipinski definition) is 3. The number of nitriles is 1. The third kappa shape index (κ3) is 5.56. The second kappa shape index (κ2) is 9.86. The maximum atomic E-state index is 13.5. The van der Waals surface area contributed by atoms with Gasteiger partial charge in [0, 0.05) is 10.2 Å². The van der Waals surface area contributed by atoms with Crippen molar-refractivity contribution in [1.82, 2.24) is 0 Å². The Morgan fingerprint density at radius 3 is 2.60 bits per heavy atom. The fourth-order valence-electron chi connectivity index (χ4n) is 2.90. The molecule has 0 radical (unpaired) electrons. The fraction of sp³-hybridized carbons (Fsp3) is 0.0833. The zero-order chi connectivity index (χ0) is 21.5.